The van der Waals surface area contributed by atoms with Crippen molar-refractivity contribution in [2.24, 2.45) is 0 Å². The fourth-order valence-electron chi connectivity index (χ4n) is 2.25. The second-order valence-electron chi connectivity index (χ2n) is 5.08. The van der Waals surface area contributed by atoms with Crippen LogP contribution in [0.15, 0.2) is 29.1 Å². The van der Waals surface area contributed by atoms with E-state index in [1.165, 1.54) is 11.3 Å². The summed E-state index contributed by atoms with van der Waals surface area (Å²) in [6, 6.07) is 6.75. The van der Waals surface area contributed by atoms with Gasteiger partial charge in [0.05, 0.1) is 5.39 Å². The Labute approximate surface area is 135 Å². The number of nitrogens with zero attached hydrogens (tertiary/aromatic N) is 1. The molecule has 23 heavy (non-hydrogen) atoms. The van der Waals surface area contributed by atoms with Gasteiger partial charge < -0.3 is 14.8 Å². The first-order chi connectivity index (χ1) is 11.0. The predicted octanol–water partition coefficient (Wildman–Crippen LogP) is 2.73. The summed E-state index contributed by atoms with van der Waals surface area (Å²) >= 11 is 1.50. The number of aromatic amines is 1. The molecule has 0 aliphatic rings. The maximum absolute atomic E-state index is 12.3. The predicted molar refractivity (Wildman–Crippen MR) is 88.3 cm³/mol. The molecule has 0 aliphatic heterocycles. The number of hydrogen-bond acceptors (Lipinski definition) is 5. The number of ether oxygens (including phenoxy) is 1. The average Bonchev–Trinajstić information content (AvgIpc) is 2.81. The lowest BCUT2D eigenvalue weighted by atomic mass is 10.2. The van der Waals surface area contributed by atoms with E-state index in [1.807, 2.05) is 13.8 Å². The number of hydrogen-bond donors (Lipinski definition) is 2. The number of carboxylic acids is 1. The molecule has 3 aromatic rings. The number of thiophene rings is 1. The molecule has 0 atom stereocenters. The van der Waals surface area contributed by atoms with Crippen LogP contribution in [-0.4, -0.2) is 27.7 Å². The normalized spacial score (nSPS) is 10.9. The monoisotopic (exact) mass is 330 g/mol. The van der Waals surface area contributed by atoms with Gasteiger partial charge in [-0.2, -0.15) is 0 Å². The molecule has 0 unspecified atom stereocenters. The highest BCUT2D eigenvalue weighted by Gasteiger charge is 2.12. The van der Waals surface area contributed by atoms with E-state index in [9.17, 15) is 9.59 Å². The SMILES string of the molecule is Cc1sc2nc(-c3ccc(OCC(=O)O)cc3)[nH]c(=O)c2c1C. The topological polar surface area (TPSA) is 92.3 Å². The van der Waals surface area contributed by atoms with Crippen LogP contribution in [0.25, 0.3) is 21.6 Å². The molecule has 0 saturated carbocycles. The number of aryl methyl sites for hydroxylation is 2. The first kappa shape index (κ1) is 15.2. The van der Waals surface area contributed by atoms with Gasteiger partial charge in [0.2, 0.25) is 0 Å². The van der Waals surface area contributed by atoms with Crippen LogP contribution in [0, 0.1) is 13.8 Å². The fraction of sp³-hybridized carbons (Fsp3) is 0.188. The smallest absolute Gasteiger partial charge is 0.341 e. The zero-order valence-electron chi connectivity index (χ0n) is 12.5. The first-order valence-corrected chi connectivity index (χ1v) is 7.72. The van der Waals surface area contributed by atoms with Crippen molar-refractivity contribution in [1.29, 1.82) is 0 Å². The lowest BCUT2D eigenvalue weighted by Gasteiger charge is -2.05. The van der Waals surface area contributed by atoms with Crippen LogP contribution in [0.4, 0.5) is 0 Å². The van der Waals surface area contributed by atoms with Gasteiger partial charge in [0, 0.05) is 10.4 Å². The van der Waals surface area contributed by atoms with Gasteiger partial charge in [-0.3, -0.25) is 4.79 Å². The number of fused-ring (bicyclic) bond motifs is 1. The summed E-state index contributed by atoms with van der Waals surface area (Å²) in [4.78, 5) is 31.9. The van der Waals surface area contributed by atoms with Crippen LogP contribution in [0.2, 0.25) is 0 Å². The fourth-order valence-corrected chi connectivity index (χ4v) is 3.28. The van der Waals surface area contributed by atoms with Crippen molar-refractivity contribution in [2.45, 2.75) is 13.8 Å². The zero-order chi connectivity index (χ0) is 16.6. The molecule has 0 saturated heterocycles. The van der Waals surface area contributed by atoms with E-state index in [0.717, 1.165) is 16.0 Å². The van der Waals surface area contributed by atoms with Crippen molar-refractivity contribution in [3.05, 3.63) is 45.1 Å². The van der Waals surface area contributed by atoms with Crippen LogP contribution >= 0.6 is 11.3 Å². The van der Waals surface area contributed by atoms with Crippen LogP contribution in [-0.2, 0) is 4.79 Å². The second-order valence-corrected chi connectivity index (χ2v) is 6.29. The highest BCUT2D eigenvalue weighted by molar-refractivity contribution is 7.18. The molecule has 118 valence electrons. The Hall–Kier alpha value is -2.67. The minimum atomic E-state index is -1.03. The third kappa shape index (κ3) is 2.95. The van der Waals surface area contributed by atoms with Crippen molar-refractivity contribution in [3.8, 4) is 17.1 Å². The van der Waals surface area contributed by atoms with E-state index < -0.39 is 12.6 Å². The van der Waals surface area contributed by atoms with Crippen molar-refractivity contribution >= 4 is 27.5 Å². The van der Waals surface area contributed by atoms with E-state index in [0.29, 0.717) is 21.8 Å². The Morgan fingerprint density at radius 3 is 2.65 bits per heavy atom. The van der Waals surface area contributed by atoms with Crippen molar-refractivity contribution in [2.75, 3.05) is 6.61 Å². The summed E-state index contributed by atoms with van der Waals surface area (Å²) in [6.07, 6.45) is 0. The number of aliphatic carboxylic acids is 1. The number of H-pyrrole nitrogens is 1. The maximum atomic E-state index is 12.3. The van der Waals surface area contributed by atoms with Crippen LogP contribution in [0.1, 0.15) is 10.4 Å². The summed E-state index contributed by atoms with van der Waals surface area (Å²) in [5.41, 5.74) is 1.54. The molecule has 1 aromatic carbocycles. The summed E-state index contributed by atoms with van der Waals surface area (Å²) in [5, 5.41) is 9.23. The molecule has 0 fully saturated rings. The quantitative estimate of drug-likeness (QED) is 0.767. The Morgan fingerprint density at radius 1 is 1.30 bits per heavy atom. The molecule has 0 spiro atoms. The Bertz CT molecular complexity index is 941. The molecule has 0 bridgehead atoms. The minimum Gasteiger partial charge on any atom is -0.482 e. The molecular formula is C16H14N2O4S. The second kappa shape index (κ2) is 5.85. The van der Waals surface area contributed by atoms with Gasteiger partial charge >= 0.3 is 5.97 Å². The number of nitrogens with one attached hydrogen (secondary N) is 1. The minimum absolute atomic E-state index is 0.155. The highest BCUT2D eigenvalue weighted by atomic mass is 32.1. The molecule has 7 heteroatoms. The van der Waals surface area contributed by atoms with Gasteiger partial charge in [0.25, 0.3) is 5.56 Å². The van der Waals surface area contributed by atoms with Crippen LogP contribution in [0.3, 0.4) is 0 Å². The standard InChI is InChI=1S/C16H14N2O4S/c1-8-9(2)23-16-13(8)15(21)17-14(18-16)10-3-5-11(6-4-10)22-7-12(19)20/h3-6H,7H2,1-2H3,(H,19,20)(H,17,18,21). The number of carbonyl (C=O) groups is 1. The van der Waals surface area contributed by atoms with Gasteiger partial charge in [-0.25, -0.2) is 9.78 Å². The third-order valence-corrected chi connectivity index (χ3v) is 4.63. The summed E-state index contributed by atoms with van der Waals surface area (Å²) in [6.45, 7) is 3.49. The number of benzene rings is 1. The number of rotatable bonds is 4. The maximum Gasteiger partial charge on any atom is 0.341 e. The molecule has 0 radical (unpaired) electrons. The van der Waals surface area contributed by atoms with E-state index >= 15 is 0 Å². The van der Waals surface area contributed by atoms with Crippen LogP contribution < -0.4 is 10.3 Å². The molecule has 0 aliphatic carbocycles. The molecule has 3 rings (SSSR count). The van der Waals surface area contributed by atoms with Crippen molar-refractivity contribution < 1.29 is 14.6 Å². The summed E-state index contributed by atoms with van der Waals surface area (Å²) in [7, 11) is 0. The van der Waals surface area contributed by atoms with Gasteiger partial charge in [0.15, 0.2) is 6.61 Å². The van der Waals surface area contributed by atoms with Gasteiger partial charge in [-0.15, -0.1) is 11.3 Å². The van der Waals surface area contributed by atoms with E-state index in [4.69, 9.17) is 9.84 Å². The van der Waals surface area contributed by atoms with E-state index in [1.54, 1.807) is 24.3 Å². The number of aromatic nitrogens is 2. The Balaban J connectivity index is 1.97. The van der Waals surface area contributed by atoms with Crippen molar-refractivity contribution in [3.63, 3.8) is 0 Å². The molecule has 2 N–H and O–H groups in total. The van der Waals surface area contributed by atoms with Gasteiger partial charge in [-0.05, 0) is 43.7 Å². The molecule has 2 aromatic heterocycles. The number of carboxylic acid groups (broad SMARTS) is 1. The largest absolute Gasteiger partial charge is 0.482 e. The van der Waals surface area contributed by atoms with E-state index in [2.05, 4.69) is 9.97 Å². The van der Waals surface area contributed by atoms with Gasteiger partial charge in [-0.1, -0.05) is 0 Å². The van der Waals surface area contributed by atoms with Crippen LogP contribution in [0.5, 0.6) is 5.75 Å². The summed E-state index contributed by atoms with van der Waals surface area (Å²) in [5.74, 6) is -0.107. The first-order valence-electron chi connectivity index (χ1n) is 6.91. The van der Waals surface area contributed by atoms with E-state index in [-0.39, 0.29) is 5.56 Å². The lowest BCUT2D eigenvalue weighted by molar-refractivity contribution is -0.139. The summed E-state index contributed by atoms with van der Waals surface area (Å²) < 4.78 is 5.08. The molecule has 2 heterocycles. The lowest BCUT2D eigenvalue weighted by Crippen LogP contribution is -2.10. The molecule has 0 amide bonds. The Morgan fingerprint density at radius 2 is 2.00 bits per heavy atom. The third-order valence-electron chi connectivity index (χ3n) is 3.53. The molecule has 6 nitrogen and oxygen atoms in total. The average molecular weight is 330 g/mol. The molecular weight excluding hydrogens is 316 g/mol. The zero-order valence-corrected chi connectivity index (χ0v) is 13.4. The van der Waals surface area contributed by atoms with Crippen molar-refractivity contribution in [1.82, 2.24) is 9.97 Å². The van der Waals surface area contributed by atoms with Gasteiger partial charge in [0.1, 0.15) is 16.4 Å². The Kier molecular flexibility index (Phi) is 3.87. The highest BCUT2D eigenvalue weighted by Crippen LogP contribution is 2.27.